The molecule has 0 saturated heterocycles. The molecule has 0 aliphatic heterocycles. The SMILES string of the molecule is Cc1onc(-c2c(F)cccc2Cl)c1C(=O)OCC(=O)N[C@@](C)(C#N)C(C)C. The van der Waals surface area contributed by atoms with E-state index in [1.54, 1.807) is 20.8 Å². The van der Waals surface area contributed by atoms with Crippen LogP contribution in [0.25, 0.3) is 11.3 Å². The zero-order valence-electron chi connectivity index (χ0n) is 15.8. The van der Waals surface area contributed by atoms with Crippen molar-refractivity contribution in [3.8, 4) is 17.3 Å². The number of halogens is 2. The second-order valence-electron chi connectivity index (χ2n) is 6.65. The van der Waals surface area contributed by atoms with E-state index in [-0.39, 0.29) is 33.5 Å². The topological polar surface area (TPSA) is 105 Å². The van der Waals surface area contributed by atoms with Gasteiger partial charge in [0, 0.05) is 0 Å². The van der Waals surface area contributed by atoms with E-state index in [9.17, 15) is 19.2 Å². The zero-order chi connectivity index (χ0) is 21.1. The number of aryl methyl sites for hydroxylation is 1. The highest BCUT2D eigenvalue weighted by atomic mass is 35.5. The number of ether oxygens (including phenoxy) is 1. The molecule has 148 valence electrons. The standard InChI is InChI=1S/C19H19ClFN3O4/c1-10(2)19(4,9-22)23-14(25)8-27-18(26)15-11(3)28-24-17(15)16-12(20)6-5-7-13(16)21/h5-7,10H,8H2,1-4H3,(H,23,25)/t19-/m0/s1. The molecule has 0 aliphatic rings. The first kappa shape index (κ1) is 21.4. The zero-order valence-corrected chi connectivity index (χ0v) is 16.6. The summed E-state index contributed by atoms with van der Waals surface area (Å²) >= 11 is 6.03. The number of carbonyl (C=O) groups excluding carboxylic acids is 2. The van der Waals surface area contributed by atoms with Gasteiger partial charge in [-0.3, -0.25) is 4.79 Å². The molecule has 2 aromatic rings. The Kier molecular flexibility index (Phi) is 6.41. The van der Waals surface area contributed by atoms with Crippen LogP contribution in [-0.2, 0) is 9.53 Å². The summed E-state index contributed by atoms with van der Waals surface area (Å²) in [5, 5.41) is 15.5. The Morgan fingerprint density at radius 3 is 2.71 bits per heavy atom. The van der Waals surface area contributed by atoms with Crippen molar-refractivity contribution in [2.75, 3.05) is 6.61 Å². The summed E-state index contributed by atoms with van der Waals surface area (Å²) in [6, 6.07) is 6.05. The molecular weight excluding hydrogens is 389 g/mol. The van der Waals surface area contributed by atoms with Crippen molar-refractivity contribution < 1.29 is 23.2 Å². The summed E-state index contributed by atoms with van der Waals surface area (Å²) in [6.07, 6.45) is 0. The van der Waals surface area contributed by atoms with Crippen molar-refractivity contribution in [2.24, 2.45) is 5.92 Å². The van der Waals surface area contributed by atoms with Gasteiger partial charge in [-0.1, -0.05) is 36.7 Å². The normalized spacial score (nSPS) is 12.9. The highest BCUT2D eigenvalue weighted by Crippen LogP contribution is 2.33. The van der Waals surface area contributed by atoms with Crippen LogP contribution in [0.3, 0.4) is 0 Å². The maximum atomic E-state index is 14.2. The number of hydrogen-bond acceptors (Lipinski definition) is 6. The Labute approximate surface area is 166 Å². The Hall–Kier alpha value is -2.92. The molecule has 0 fully saturated rings. The number of rotatable bonds is 6. The molecule has 1 aromatic carbocycles. The average Bonchev–Trinajstić information content (AvgIpc) is 3.00. The van der Waals surface area contributed by atoms with Crippen LogP contribution in [0.5, 0.6) is 0 Å². The Morgan fingerprint density at radius 2 is 2.14 bits per heavy atom. The number of esters is 1. The minimum atomic E-state index is -1.11. The number of amides is 1. The summed E-state index contributed by atoms with van der Waals surface area (Å²) < 4.78 is 24.2. The van der Waals surface area contributed by atoms with E-state index in [1.807, 2.05) is 6.07 Å². The summed E-state index contributed by atoms with van der Waals surface area (Å²) in [7, 11) is 0. The van der Waals surface area contributed by atoms with Crippen molar-refractivity contribution in [3.63, 3.8) is 0 Å². The van der Waals surface area contributed by atoms with E-state index in [1.165, 1.54) is 25.1 Å². The lowest BCUT2D eigenvalue weighted by atomic mass is 9.90. The minimum Gasteiger partial charge on any atom is -0.452 e. The van der Waals surface area contributed by atoms with E-state index >= 15 is 0 Å². The fourth-order valence-electron chi connectivity index (χ4n) is 2.34. The quantitative estimate of drug-likeness (QED) is 0.732. The van der Waals surface area contributed by atoms with Crippen LogP contribution in [0.2, 0.25) is 5.02 Å². The first-order chi connectivity index (χ1) is 13.1. The summed E-state index contributed by atoms with van der Waals surface area (Å²) in [5.41, 5.74) is -1.46. The summed E-state index contributed by atoms with van der Waals surface area (Å²) in [4.78, 5) is 24.6. The smallest absolute Gasteiger partial charge is 0.344 e. The molecule has 0 aliphatic carbocycles. The Balaban J connectivity index is 2.20. The average molecular weight is 408 g/mol. The highest BCUT2D eigenvalue weighted by molar-refractivity contribution is 6.33. The fraction of sp³-hybridized carbons (Fsp3) is 0.368. The van der Waals surface area contributed by atoms with Crippen molar-refractivity contribution in [3.05, 3.63) is 40.4 Å². The third-order valence-electron chi connectivity index (χ3n) is 4.39. The molecular formula is C19H19ClFN3O4. The summed E-state index contributed by atoms with van der Waals surface area (Å²) in [5.74, 6) is -2.33. The van der Waals surface area contributed by atoms with Gasteiger partial charge >= 0.3 is 5.97 Å². The Morgan fingerprint density at radius 1 is 1.46 bits per heavy atom. The van der Waals surface area contributed by atoms with E-state index in [4.69, 9.17) is 20.9 Å². The number of carbonyl (C=O) groups is 2. The lowest BCUT2D eigenvalue weighted by Gasteiger charge is -2.27. The van der Waals surface area contributed by atoms with Gasteiger partial charge in [-0.05, 0) is 31.9 Å². The van der Waals surface area contributed by atoms with Crippen molar-refractivity contribution in [1.82, 2.24) is 10.5 Å². The van der Waals surface area contributed by atoms with Gasteiger partial charge < -0.3 is 14.6 Å². The van der Waals surface area contributed by atoms with Crippen LogP contribution in [0.1, 0.15) is 36.9 Å². The number of benzene rings is 1. The van der Waals surface area contributed by atoms with Crippen LogP contribution in [0, 0.1) is 30.0 Å². The molecule has 0 saturated carbocycles. The van der Waals surface area contributed by atoms with Crippen LogP contribution in [-0.4, -0.2) is 29.2 Å². The molecule has 1 N–H and O–H groups in total. The van der Waals surface area contributed by atoms with Crippen LogP contribution < -0.4 is 5.32 Å². The lowest BCUT2D eigenvalue weighted by Crippen LogP contribution is -2.50. The van der Waals surface area contributed by atoms with Gasteiger partial charge in [-0.2, -0.15) is 5.26 Å². The molecule has 28 heavy (non-hydrogen) atoms. The van der Waals surface area contributed by atoms with Crippen LogP contribution in [0.15, 0.2) is 22.7 Å². The molecule has 2 rings (SSSR count). The number of hydrogen-bond donors (Lipinski definition) is 1. The molecule has 0 spiro atoms. The van der Waals surface area contributed by atoms with E-state index in [0.717, 1.165) is 0 Å². The van der Waals surface area contributed by atoms with Gasteiger partial charge in [0.25, 0.3) is 5.91 Å². The molecule has 7 nitrogen and oxygen atoms in total. The first-order valence-electron chi connectivity index (χ1n) is 8.40. The molecule has 0 bridgehead atoms. The first-order valence-corrected chi connectivity index (χ1v) is 8.78. The number of aromatic nitrogens is 1. The lowest BCUT2D eigenvalue weighted by molar-refractivity contribution is -0.125. The van der Waals surface area contributed by atoms with Gasteiger partial charge in [-0.25, -0.2) is 9.18 Å². The number of nitrogens with zero attached hydrogens (tertiary/aromatic N) is 2. The molecule has 1 amide bonds. The van der Waals surface area contributed by atoms with Crippen LogP contribution >= 0.6 is 11.6 Å². The number of nitriles is 1. The third kappa shape index (κ3) is 4.31. The predicted octanol–water partition coefficient (Wildman–Crippen LogP) is 3.65. The molecule has 0 radical (unpaired) electrons. The van der Waals surface area contributed by atoms with Crippen LogP contribution in [0.4, 0.5) is 4.39 Å². The molecule has 1 atom stereocenters. The molecule has 9 heteroatoms. The van der Waals surface area contributed by atoms with Gasteiger partial charge in [-0.15, -0.1) is 0 Å². The molecule has 0 unspecified atom stereocenters. The molecule has 1 aromatic heterocycles. The second kappa shape index (κ2) is 8.40. The minimum absolute atomic E-state index is 0.0433. The van der Waals surface area contributed by atoms with Gasteiger partial charge in [0.2, 0.25) is 0 Å². The van der Waals surface area contributed by atoms with Gasteiger partial charge in [0.05, 0.1) is 16.7 Å². The monoisotopic (exact) mass is 407 g/mol. The third-order valence-corrected chi connectivity index (χ3v) is 4.70. The largest absolute Gasteiger partial charge is 0.452 e. The number of nitrogens with one attached hydrogen (secondary N) is 1. The van der Waals surface area contributed by atoms with Crippen molar-refractivity contribution >= 4 is 23.5 Å². The highest BCUT2D eigenvalue weighted by Gasteiger charge is 2.31. The van der Waals surface area contributed by atoms with Crippen molar-refractivity contribution in [1.29, 1.82) is 5.26 Å². The fourth-order valence-corrected chi connectivity index (χ4v) is 2.59. The van der Waals surface area contributed by atoms with Gasteiger partial charge in [0.1, 0.15) is 28.4 Å². The van der Waals surface area contributed by atoms with E-state index in [0.29, 0.717) is 0 Å². The van der Waals surface area contributed by atoms with Crippen molar-refractivity contribution in [2.45, 2.75) is 33.2 Å². The second-order valence-corrected chi connectivity index (χ2v) is 7.06. The summed E-state index contributed by atoms with van der Waals surface area (Å²) in [6.45, 7) is 5.95. The Bertz CT molecular complexity index is 931. The predicted molar refractivity (Wildman–Crippen MR) is 98.9 cm³/mol. The molecule has 1 heterocycles. The van der Waals surface area contributed by atoms with Gasteiger partial charge in [0.15, 0.2) is 6.61 Å². The maximum absolute atomic E-state index is 14.2. The van der Waals surface area contributed by atoms with E-state index in [2.05, 4.69) is 10.5 Å². The van der Waals surface area contributed by atoms with E-state index < -0.39 is 29.8 Å². The maximum Gasteiger partial charge on any atom is 0.344 e.